The van der Waals surface area contributed by atoms with Crippen LogP contribution in [-0.2, 0) is 6.54 Å². The van der Waals surface area contributed by atoms with Gasteiger partial charge in [0.15, 0.2) is 0 Å². The van der Waals surface area contributed by atoms with Gasteiger partial charge in [-0.25, -0.2) is 4.79 Å². The third kappa shape index (κ3) is 5.18. The van der Waals surface area contributed by atoms with Crippen molar-refractivity contribution < 1.29 is 0 Å². The van der Waals surface area contributed by atoms with E-state index in [4.69, 9.17) is 0 Å². The number of allylic oxidation sites excluding steroid dienone is 1. The predicted octanol–water partition coefficient (Wildman–Crippen LogP) is 5.14. The van der Waals surface area contributed by atoms with Crippen LogP contribution in [0, 0.1) is 13.8 Å². The van der Waals surface area contributed by atoms with Gasteiger partial charge in [0.25, 0.3) is 5.56 Å². The Morgan fingerprint density at radius 1 is 1.03 bits per heavy atom. The Labute approximate surface area is 175 Å². The van der Waals surface area contributed by atoms with Gasteiger partial charge in [-0.05, 0) is 48.6 Å². The minimum Gasteiger partial charge on any atom is -0.284 e. The van der Waals surface area contributed by atoms with Gasteiger partial charge >= 0.3 is 5.69 Å². The van der Waals surface area contributed by atoms with Crippen molar-refractivity contribution in [1.82, 2.24) is 9.55 Å². The normalized spacial score (nSPS) is 11.5. The Balaban J connectivity index is 2.06. The van der Waals surface area contributed by atoms with E-state index in [0.29, 0.717) is 17.1 Å². The molecule has 0 atom stereocenters. The molecular formula is C24H26N2O2S. The molecule has 4 nitrogen and oxygen atoms in total. The molecule has 0 unspecified atom stereocenters. The SMILES string of the molecule is Cc1cc(C)cc(Sc2c(C(C)C)c(=O)[nH]c(=O)n2C/C=C/c2ccccc2)c1. The average Bonchev–Trinajstić information content (AvgIpc) is 2.63. The van der Waals surface area contributed by atoms with Crippen LogP contribution in [0.5, 0.6) is 0 Å². The largest absolute Gasteiger partial charge is 0.329 e. The zero-order chi connectivity index (χ0) is 21.0. The summed E-state index contributed by atoms with van der Waals surface area (Å²) in [4.78, 5) is 28.8. The summed E-state index contributed by atoms with van der Waals surface area (Å²) < 4.78 is 1.65. The van der Waals surface area contributed by atoms with Crippen LogP contribution in [0.25, 0.3) is 6.08 Å². The Kier molecular flexibility index (Phi) is 6.60. The molecule has 1 heterocycles. The second kappa shape index (κ2) is 9.14. The summed E-state index contributed by atoms with van der Waals surface area (Å²) in [5, 5.41) is 0.705. The van der Waals surface area contributed by atoms with Crippen molar-refractivity contribution in [2.45, 2.75) is 50.1 Å². The first-order chi connectivity index (χ1) is 13.8. The monoisotopic (exact) mass is 406 g/mol. The van der Waals surface area contributed by atoms with E-state index in [9.17, 15) is 9.59 Å². The van der Waals surface area contributed by atoms with Crippen molar-refractivity contribution in [3.05, 3.63) is 97.7 Å². The van der Waals surface area contributed by atoms with Crippen molar-refractivity contribution in [3.63, 3.8) is 0 Å². The van der Waals surface area contributed by atoms with Gasteiger partial charge in [0.2, 0.25) is 0 Å². The lowest BCUT2D eigenvalue weighted by Gasteiger charge is -2.17. The highest BCUT2D eigenvalue weighted by atomic mass is 32.2. The van der Waals surface area contributed by atoms with Gasteiger partial charge in [-0.1, -0.05) is 74.2 Å². The van der Waals surface area contributed by atoms with E-state index in [2.05, 4.69) is 23.2 Å². The maximum absolute atomic E-state index is 12.7. The number of nitrogens with one attached hydrogen (secondary N) is 1. The Morgan fingerprint density at radius 3 is 2.31 bits per heavy atom. The van der Waals surface area contributed by atoms with Crippen LogP contribution >= 0.6 is 11.8 Å². The van der Waals surface area contributed by atoms with Gasteiger partial charge in [-0.2, -0.15) is 0 Å². The summed E-state index contributed by atoms with van der Waals surface area (Å²) in [7, 11) is 0. The second-order valence-electron chi connectivity index (χ2n) is 7.48. The summed E-state index contributed by atoms with van der Waals surface area (Å²) >= 11 is 1.48. The van der Waals surface area contributed by atoms with Crippen molar-refractivity contribution >= 4 is 17.8 Å². The van der Waals surface area contributed by atoms with Crippen LogP contribution < -0.4 is 11.2 Å². The number of benzene rings is 2. The van der Waals surface area contributed by atoms with Crippen molar-refractivity contribution in [2.24, 2.45) is 0 Å². The van der Waals surface area contributed by atoms with Crippen LogP contribution in [0.1, 0.15) is 42.0 Å². The number of aryl methyl sites for hydroxylation is 2. The van der Waals surface area contributed by atoms with Crippen LogP contribution in [0.3, 0.4) is 0 Å². The molecule has 150 valence electrons. The molecule has 1 N–H and O–H groups in total. The first-order valence-corrected chi connectivity index (χ1v) is 10.5. The maximum atomic E-state index is 12.7. The molecule has 0 saturated carbocycles. The zero-order valence-electron chi connectivity index (χ0n) is 17.2. The van der Waals surface area contributed by atoms with Gasteiger partial charge < -0.3 is 0 Å². The zero-order valence-corrected chi connectivity index (χ0v) is 18.0. The van der Waals surface area contributed by atoms with E-state index >= 15 is 0 Å². The van der Waals surface area contributed by atoms with E-state index in [-0.39, 0.29) is 17.2 Å². The minimum absolute atomic E-state index is 0.00268. The maximum Gasteiger partial charge on any atom is 0.329 e. The fourth-order valence-electron chi connectivity index (χ4n) is 3.31. The minimum atomic E-state index is -0.385. The van der Waals surface area contributed by atoms with Crippen molar-refractivity contribution in [2.75, 3.05) is 0 Å². The van der Waals surface area contributed by atoms with Gasteiger partial charge in [0.1, 0.15) is 0 Å². The van der Waals surface area contributed by atoms with Gasteiger partial charge in [0, 0.05) is 11.4 Å². The molecule has 0 aliphatic rings. The molecule has 3 aromatic rings. The average molecular weight is 407 g/mol. The smallest absolute Gasteiger partial charge is 0.284 e. The summed E-state index contributed by atoms with van der Waals surface area (Å²) in [6.45, 7) is 8.44. The fraction of sp³-hybridized carbons (Fsp3) is 0.250. The molecule has 29 heavy (non-hydrogen) atoms. The van der Waals surface area contributed by atoms with Crippen LogP contribution in [0.2, 0.25) is 0 Å². The van der Waals surface area contributed by atoms with E-state index in [1.54, 1.807) is 4.57 Å². The molecular weight excluding hydrogens is 380 g/mol. The lowest BCUT2D eigenvalue weighted by atomic mass is 10.1. The summed E-state index contributed by atoms with van der Waals surface area (Å²) in [5.74, 6) is -0.00268. The first-order valence-electron chi connectivity index (χ1n) is 9.70. The standard InChI is InChI=1S/C24H26N2O2S/c1-16(2)21-22(27)25-24(28)26(12-8-11-19-9-6-5-7-10-19)23(21)29-20-14-17(3)13-18(4)15-20/h5-11,13-16H,12H2,1-4H3,(H,25,27,28)/b11-8+. The van der Waals surface area contributed by atoms with Crippen LogP contribution in [0.15, 0.2) is 74.1 Å². The molecule has 0 bridgehead atoms. The highest BCUT2D eigenvalue weighted by Gasteiger charge is 2.18. The first kappa shape index (κ1) is 20.9. The highest BCUT2D eigenvalue weighted by molar-refractivity contribution is 7.99. The molecule has 1 aromatic heterocycles. The molecule has 0 fully saturated rings. The Hall–Kier alpha value is -2.79. The summed E-state index contributed by atoms with van der Waals surface area (Å²) in [6, 6.07) is 16.2. The topological polar surface area (TPSA) is 54.9 Å². The van der Waals surface area contributed by atoms with E-state index in [0.717, 1.165) is 21.6 Å². The summed E-state index contributed by atoms with van der Waals surface area (Å²) in [6.07, 6.45) is 3.93. The van der Waals surface area contributed by atoms with Gasteiger partial charge in [-0.15, -0.1) is 0 Å². The van der Waals surface area contributed by atoms with Crippen LogP contribution in [-0.4, -0.2) is 9.55 Å². The fourth-order valence-corrected chi connectivity index (χ4v) is 4.73. The van der Waals surface area contributed by atoms with Gasteiger partial charge in [0.05, 0.1) is 10.6 Å². The number of aromatic amines is 1. The number of aromatic nitrogens is 2. The Morgan fingerprint density at radius 2 is 1.69 bits per heavy atom. The number of H-pyrrole nitrogens is 1. The summed E-state index contributed by atoms with van der Waals surface area (Å²) in [5.41, 5.74) is 3.33. The number of rotatable bonds is 6. The molecule has 0 aliphatic carbocycles. The molecule has 2 aromatic carbocycles. The molecule has 0 spiro atoms. The third-order valence-corrected chi connectivity index (χ3v) is 5.68. The molecule has 5 heteroatoms. The number of hydrogen-bond donors (Lipinski definition) is 1. The molecule has 3 rings (SSSR count). The highest BCUT2D eigenvalue weighted by Crippen LogP contribution is 2.32. The number of nitrogens with zero attached hydrogens (tertiary/aromatic N) is 1. The Bertz CT molecular complexity index is 1120. The molecule has 0 aliphatic heterocycles. The molecule has 0 saturated heterocycles. The lowest BCUT2D eigenvalue weighted by molar-refractivity contribution is 0.627. The quantitative estimate of drug-likeness (QED) is 0.577. The van der Waals surface area contributed by atoms with E-state index in [1.165, 1.54) is 11.8 Å². The lowest BCUT2D eigenvalue weighted by Crippen LogP contribution is -2.34. The predicted molar refractivity (Wildman–Crippen MR) is 121 cm³/mol. The number of hydrogen-bond acceptors (Lipinski definition) is 3. The molecule has 0 amide bonds. The van der Waals surface area contributed by atoms with E-state index in [1.807, 2.05) is 70.2 Å². The van der Waals surface area contributed by atoms with Crippen molar-refractivity contribution in [3.8, 4) is 0 Å². The second-order valence-corrected chi connectivity index (χ2v) is 8.54. The third-order valence-electron chi connectivity index (χ3n) is 4.57. The van der Waals surface area contributed by atoms with Crippen LogP contribution in [0.4, 0.5) is 0 Å². The van der Waals surface area contributed by atoms with E-state index < -0.39 is 0 Å². The molecule has 0 radical (unpaired) electrons. The van der Waals surface area contributed by atoms with Gasteiger partial charge in [-0.3, -0.25) is 14.3 Å². The van der Waals surface area contributed by atoms with Crippen molar-refractivity contribution in [1.29, 1.82) is 0 Å².